The first kappa shape index (κ1) is 21.5. The Bertz CT molecular complexity index is 1590. The molecular weight excluding hydrogens is 447 g/mol. The molecule has 2 aliphatic rings. The lowest BCUT2D eigenvalue weighted by Gasteiger charge is -2.42. The molecule has 2 bridgehead atoms. The smallest absolute Gasteiger partial charge is 0.265 e. The molecule has 1 saturated heterocycles. The number of amides is 1. The third kappa shape index (κ3) is 3.65. The number of hydrogen-bond donors (Lipinski definition) is 0. The van der Waals surface area contributed by atoms with Crippen LogP contribution < -0.4 is 11.1 Å². The van der Waals surface area contributed by atoms with E-state index in [0.29, 0.717) is 36.2 Å². The number of nitrogens with zero attached hydrogens (tertiary/aromatic N) is 4. The van der Waals surface area contributed by atoms with Gasteiger partial charge in [-0.15, -0.1) is 0 Å². The van der Waals surface area contributed by atoms with E-state index in [0.717, 1.165) is 12.1 Å². The molecule has 0 aliphatic carbocycles. The predicted molar refractivity (Wildman–Crippen MR) is 129 cm³/mol. The third-order valence-corrected chi connectivity index (χ3v) is 7.13. The Kier molecular flexibility index (Phi) is 5.09. The fourth-order valence-corrected chi connectivity index (χ4v) is 5.54. The summed E-state index contributed by atoms with van der Waals surface area (Å²) >= 11 is 0. The van der Waals surface area contributed by atoms with Crippen LogP contribution in [0.25, 0.3) is 11.0 Å². The van der Waals surface area contributed by atoms with Gasteiger partial charge >= 0.3 is 0 Å². The van der Waals surface area contributed by atoms with Crippen molar-refractivity contribution in [1.82, 2.24) is 19.0 Å². The lowest BCUT2D eigenvalue weighted by Crippen LogP contribution is -2.50. The van der Waals surface area contributed by atoms with E-state index in [4.69, 9.17) is 0 Å². The Balaban J connectivity index is 1.40. The van der Waals surface area contributed by atoms with Gasteiger partial charge in [-0.25, -0.2) is 9.37 Å². The first-order valence-electron chi connectivity index (χ1n) is 11.7. The van der Waals surface area contributed by atoms with Crippen molar-refractivity contribution in [3.8, 4) is 0 Å². The number of hydrogen-bond acceptors (Lipinski definition) is 4. The number of likely N-dealkylation sites (tertiary alicyclic amines) is 1. The first-order chi connectivity index (χ1) is 17.0. The largest absolute Gasteiger partial charge is 0.337 e. The lowest BCUT2D eigenvalue weighted by atomic mass is 9.83. The van der Waals surface area contributed by atoms with E-state index in [2.05, 4.69) is 4.98 Å². The lowest BCUT2D eigenvalue weighted by molar-refractivity contribution is 0.0592. The Morgan fingerprint density at radius 1 is 1.00 bits per heavy atom. The van der Waals surface area contributed by atoms with Crippen LogP contribution in [0.4, 0.5) is 4.39 Å². The summed E-state index contributed by atoms with van der Waals surface area (Å²) in [4.78, 5) is 45.7. The van der Waals surface area contributed by atoms with Crippen molar-refractivity contribution in [3.63, 3.8) is 0 Å². The number of halogens is 1. The molecule has 0 radical (unpaired) electrons. The molecule has 2 unspecified atom stereocenters. The number of rotatable bonds is 3. The van der Waals surface area contributed by atoms with Gasteiger partial charge < -0.3 is 9.47 Å². The minimum absolute atomic E-state index is 0.0185. The summed E-state index contributed by atoms with van der Waals surface area (Å²) in [6.07, 6.45) is 2.48. The second-order valence-corrected chi connectivity index (χ2v) is 9.37. The molecule has 0 N–H and O–H groups in total. The van der Waals surface area contributed by atoms with Crippen LogP contribution in [0.2, 0.25) is 0 Å². The average Bonchev–Trinajstić information content (AvgIpc) is 2.87. The van der Waals surface area contributed by atoms with E-state index >= 15 is 0 Å². The van der Waals surface area contributed by atoms with Crippen molar-refractivity contribution >= 4 is 16.9 Å². The number of pyridine rings is 3. The molecule has 0 saturated carbocycles. The maximum atomic E-state index is 14.4. The van der Waals surface area contributed by atoms with Gasteiger partial charge in [-0.3, -0.25) is 19.0 Å². The molecule has 2 aliphatic heterocycles. The summed E-state index contributed by atoms with van der Waals surface area (Å²) in [6, 6.07) is 16.7. The molecule has 6 rings (SSSR count). The highest BCUT2D eigenvalue weighted by Crippen LogP contribution is 2.35. The van der Waals surface area contributed by atoms with E-state index < -0.39 is 11.4 Å². The molecule has 8 heteroatoms. The molecule has 1 amide bonds. The second kappa shape index (κ2) is 8.30. The predicted octanol–water partition coefficient (Wildman–Crippen LogP) is 3.01. The molecule has 0 spiro atoms. The summed E-state index contributed by atoms with van der Waals surface area (Å²) in [6.45, 7) is 1.46. The van der Waals surface area contributed by atoms with Crippen LogP contribution in [0.5, 0.6) is 0 Å². The van der Waals surface area contributed by atoms with Gasteiger partial charge in [-0.1, -0.05) is 24.3 Å². The zero-order valence-corrected chi connectivity index (χ0v) is 18.9. The van der Waals surface area contributed by atoms with Crippen LogP contribution in [-0.2, 0) is 13.1 Å². The van der Waals surface area contributed by atoms with Crippen molar-refractivity contribution in [2.45, 2.75) is 25.4 Å². The van der Waals surface area contributed by atoms with Gasteiger partial charge in [0.25, 0.3) is 17.0 Å². The fourth-order valence-electron chi connectivity index (χ4n) is 5.54. The first-order valence-corrected chi connectivity index (χ1v) is 11.7. The quantitative estimate of drug-likeness (QED) is 0.461. The van der Waals surface area contributed by atoms with E-state index in [1.54, 1.807) is 59.6 Å². The number of piperidine rings is 1. The molecule has 5 heterocycles. The van der Waals surface area contributed by atoms with Crippen LogP contribution in [0.15, 0.2) is 76.4 Å². The highest BCUT2D eigenvalue weighted by molar-refractivity contribution is 5.97. The van der Waals surface area contributed by atoms with Crippen LogP contribution in [0.1, 0.15) is 34.0 Å². The SMILES string of the molecule is O=C(c1cc2cccnc2n(Cc2ccccc2F)c1=O)N1CC2CC(C1)c1cccc(=O)n1C2. The van der Waals surface area contributed by atoms with Gasteiger partial charge in [-0.2, -0.15) is 0 Å². The van der Waals surface area contributed by atoms with E-state index in [1.807, 2.05) is 10.6 Å². The van der Waals surface area contributed by atoms with Gasteiger partial charge in [0, 0.05) is 54.5 Å². The van der Waals surface area contributed by atoms with Crippen molar-refractivity contribution in [3.05, 3.63) is 110 Å². The van der Waals surface area contributed by atoms with E-state index in [1.165, 1.54) is 10.6 Å². The topological polar surface area (TPSA) is 77.2 Å². The monoisotopic (exact) mass is 470 g/mol. The van der Waals surface area contributed by atoms with Gasteiger partial charge in [0.05, 0.1) is 6.54 Å². The van der Waals surface area contributed by atoms with Crippen LogP contribution in [0.3, 0.4) is 0 Å². The van der Waals surface area contributed by atoms with Gasteiger partial charge in [-0.05, 0) is 42.7 Å². The molecular formula is C27H23FN4O3. The average molecular weight is 471 g/mol. The van der Waals surface area contributed by atoms with Crippen molar-refractivity contribution < 1.29 is 9.18 Å². The minimum Gasteiger partial charge on any atom is -0.337 e. The summed E-state index contributed by atoms with van der Waals surface area (Å²) in [7, 11) is 0. The maximum absolute atomic E-state index is 14.4. The van der Waals surface area contributed by atoms with Crippen molar-refractivity contribution in [2.75, 3.05) is 13.1 Å². The number of aromatic nitrogens is 3. The summed E-state index contributed by atoms with van der Waals surface area (Å²) in [5.74, 6) is -0.571. The maximum Gasteiger partial charge on any atom is 0.265 e. The van der Waals surface area contributed by atoms with Crippen LogP contribution in [-0.4, -0.2) is 38.0 Å². The highest BCUT2D eigenvalue weighted by atomic mass is 19.1. The number of carbonyl (C=O) groups excluding carboxylic acids is 1. The Morgan fingerprint density at radius 2 is 1.86 bits per heavy atom. The zero-order valence-electron chi connectivity index (χ0n) is 18.9. The molecule has 35 heavy (non-hydrogen) atoms. The van der Waals surface area contributed by atoms with Crippen molar-refractivity contribution in [1.29, 1.82) is 0 Å². The standard InChI is InChI=1S/C27H23FN4O3/c28-22-7-2-1-5-19(22)16-32-25-18(6-4-10-29-25)12-21(27(32)35)26(34)30-13-17-11-20(15-30)23-8-3-9-24(33)31(23)14-17/h1-10,12,17,20H,11,13-16H2. The molecule has 3 aromatic heterocycles. The van der Waals surface area contributed by atoms with Crippen molar-refractivity contribution in [2.24, 2.45) is 5.92 Å². The normalized spacial score (nSPS) is 18.9. The number of carbonyl (C=O) groups is 1. The minimum atomic E-state index is -0.489. The third-order valence-electron chi connectivity index (χ3n) is 7.13. The summed E-state index contributed by atoms with van der Waals surface area (Å²) in [5.41, 5.74) is 1.23. The highest BCUT2D eigenvalue weighted by Gasteiger charge is 2.37. The Morgan fingerprint density at radius 3 is 2.71 bits per heavy atom. The fraction of sp³-hybridized carbons (Fsp3) is 0.259. The molecule has 176 valence electrons. The second-order valence-electron chi connectivity index (χ2n) is 9.37. The molecule has 1 aromatic carbocycles. The molecule has 1 fully saturated rings. The Hall–Kier alpha value is -4.07. The van der Waals surface area contributed by atoms with Gasteiger partial charge in [0.2, 0.25) is 0 Å². The van der Waals surface area contributed by atoms with E-state index in [-0.39, 0.29) is 35.4 Å². The number of fused-ring (bicyclic) bond motifs is 5. The van der Waals surface area contributed by atoms with E-state index in [9.17, 15) is 18.8 Å². The molecule has 7 nitrogen and oxygen atoms in total. The molecule has 2 atom stereocenters. The zero-order chi connectivity index (χ0) is 24.1. The Labute approximate surface area is 200 Å². The number of benzene rings is 1. The van der Waals surface area contributed by atoms with Gasteiger partial charge in [0.1, 0.15) is 17.0 Å². The molecule has 4 aromatic rings. The van der Waals surface area contributed by atoms with Crippen LogP contribution in [0, 0.1) is 11.7 Å². The van der Waals surface area contributed by atoms with Crippen LogP contribution >= 0.6 is 0 Å². The van der Waals surface area contributed by atoms with Gasteiger partial charge in [0.15, 0.2) is 0 Å². The summed E-state index contributed by atoms with van der Waals surface area (Å²) < 4.78 is 17.6. The summed E-state index contributed by atoms with van der Waals surface area (Å²) in [5, 5.41) is 0.640.